The largest absolute Gasteiger partial charge is 0.391 e. The van der Waals surface area contributed by atoms with E-state index in [0.29, 0.717) is 18.8 Å². The van der Waals surface area contributed by atoms with Gasteiger partial charge in [-0.25, -0.2) is 0 Å². The monoisotopic (exact) mass is 279 g/mol. The predicted molar refractivity (Wildman–Crippen MR) is 72.4 cm³/mol. The Morgan fingerprint density at radius 2 is 2.10 bits per heavy atom. The summed E-state index contributed by atoms with van der Waals surface area (Å²) in [6.07, 6.45) is 2.87. The number of aromatic nitrogens is 1. The molecule has 2 atom stereocenters. The number of aryl methyl sites for hydroxylation is 1. The fourth-order valence-corrected chi connectivity index (χ4v) is 3.22. The van der Waals surface area contributed by atoms with Gasteiger partial charge in [0.15, 0.2) is 0 Å². The summed E-state index contributed by atoms with van der Waals surface area (Å²) >= 11 is 0. The first kappa shape index (κ1) is 13.6. The summed E-state index contributed by atoms with van der Waals surface area (Å²) in [5.74, 6) is 0.231. The molecule has 2 fully saturated rings. The standard InChI is InChI=1S/C14H21N3O3/c1-10-9-13(20-15-10)14(19)17-7-5-16(6-8-17)11-3-2-4-12(11)18/h9,11-12,18H,2-8H2,1H3/t11-,12+/m0/s1. The molecular weight excluding hydrogens is 258 g/mol. The van der Waals surface area contributed by atoms with Crippen molar-refractivity contribution in [3.63, 3.8) is 0 Å². The van der Waals surface area contributed by atoms with Gasteiger partial charge < -0.3 is 14.5 Å². The molecule has 1 aliphatic heterocycles. The van der Waals surface area contributed by atoms with E-state index < -0.39 is 0 Å². The van der Waals surface area contributed by atoms with Gasteiger partial charge >= 0.3 is 0 Å². The molecule has 1 aromatic rings. The molecule has 0 spiro atoms. The lowest BCUT2D eigenvalue weighted by molar-refractivity contribution is 0.0298. The van der Waals surface area contributed by atoms with Crippen LogP contribution in [0.4, 0.5) is 0 Å². The fourth-order valence-electron chi connectivity index (χ4n) is 3.22. The summed E-state index contributed by atoms with van der Waals surface area (Å²) in [5.41, 5.74) is 0.723. The molecule has 0 unspecified atom stereocenters. The first-order valence-corrected chi connectivity index (χ1v) is 7.30. The van der Waals surface area contributed by atoms with Crippen LogP contribution in [-0.4, -0.2) is 64.3 Å². The normalized spacial score (nSPS) is 28.0. The fraction of sp³-hybridized carbons (Fsp3) is 0.714. The Labute approximate surface area is 118 Å². The molecule has 0 radical (unpaired) electrons. The molecule has 1 aliphatic carbocycles. The van der Waals surface area contributed by atoms with Crippen LogP contribution in [0, 0.1) is 6.92 Å². The summed E-state index contributed by atoms with van der Waals surface area (Å²) in [7, 11) is 0. The number of carbonyl (C=O) groups excluding carboxylic acids is 1. The Morgan fingerprint density at radius 3 is 2.65 bits per heavy atom. The molecule has 6 nitrogen and oxygen atoms in total. The number of aliphatic hydroxyl groups excluding tert-OH is 1. The maximum atomic E-state index is 12.2. The average Bonchev–Trinajstić information content (AvgIpc) is 3.07. The molecule has 2 aliphatic rings. The molecule has 0 bridgehead atoms. The lowest BCUT2D eigenvalue weighted by atomic mass is 10.1. The molecule has 1 saturated heterocycles. The zero-order valence-corrected chi connectivity index (χ0v) is 11.8. The zero-order valence-electron chi connectivity index (χ0n) is 11.8. The van der Waals surface area contributed by atoms with Gasteiger partial charge in [0.2, 0.25) is 5.76 Å². The van der Waals surface area contributed by atoms with Crippen LogP contribution in [0.5, 0.6) is 0 Å². The van der Waals surface area contributed by atoms with Crippen LogP contribution in [0.3, 0.4) is 0 Å². The molecule has 2 heterocycles. The van der Waals surface area contributed by atoms with Crippen molar-refractivity contribution in [1.82, 2.24) is 15.0 Å². The number of carbonyl (C=O) groups is 1. The number of piperazine rings is 1. The van der Waals surface area contributed by atoms with Crippen molar-refractivity contribution in [1.29, 1.82) is 0 Å². The Balaban J connectivity index is 1.57. The Hall–Kier alpha value is -1.40. The molecule has 20 heavy (non-hydrogen) atoms. The van der Waals surface area contributed by atoms with Gasteiger partial charge in [-0.1, -0.05) is 5.16 Å². The van der Waals surface area contributed by atoms with Crippen molar-refractivity contribution >= 4 is 5.91 Å². The molecule has 110 valence electrons. The van der Waals surface area contributed by atoms with Crippen LogP contribution < -0.4 is 0 Å². The van der Waals surface area contributed by atoms with Crippen molar-refractivity contribution in [3.05, 3.63) is 17.5 Å². The topological polar surface area (TPSA) is 69.8 Å². The van der Waals surface area contributed by atoms with E-state index in [0.717, 1.165) is 38.0 Å². The van der Waals surface area contributed by atoms with E-state index in [2.05, 4.69) is 10.1 Å². The zero-order chi connectivity index (χ0) is 14.1. The number of aliphatic hydroxyl groups is 1. The Morgan fingerprint density at radius 1 is 1.35 bits per heavy atom. The highest BCUT2D eigenvalue weighted by Gasteiger charge is 2.33. The van der Waals surface area contributed by atoms with E-state index in [1.54, 1.807) is 17.9 Å². The molecule has 0 aromatic carbocycles. The first-order valence-electron chi connectivity index (χ1n) is 7.30. The van der Waals surface area contributed by atoms with Crippen molar-refractivity contribution in [2.75, 3.05) is 26.2 Å². The van der Waals surface area contributed by atoms with Crippen molar-refractivity contribution in [3.8, 4) is 0 Å². The van der Waals surface area contributed by atoms with Gasteiger partial charge in [0, 0.05) is 38.3 Å². The summed E-state index contributed by atoms with van der Waals surface area (Å²) < 4.78 is 5.03. The van der Waals surface area contributed by atoms with E-state index in [1.165, 1.54) is 0 Å². The van der Waals surface area contributed by atoms with Gasteiger partial charge in [0.05, 0.1) is 11.8 Å². The average molecular weight is 279 g/mol. The summed E-state index contributed by atoms with van der Waals surface area (Å²) in [4.78, 5) is 16.3. The number of amides is 1. The molecule has 3 rings (SSSR count). The van der Waals surface area contributed by atoms with Gasteiger partial charge in [-0.2, -0.15) is 0 Å². The second-order valence-electron chi connectivity index (χ2n) is 5.73. The number of hydrogen-bond donors (Lipinski definition) is 1. The summed E-state index contributed by atoms with van der Waals surface area (Å²) in [5, 5.41) is 13.7. The van der Waals surface area contributed by atoms with Crippen LogP contribution >= 0.6 is 0 Å². The third-order valence-corrected chi connectivity index (χ3v) is 4.35. The molecule has 1 saturated carbocycles. The van der Waals surface area contributed by atoms with E-state index >= 15 is 0 Å². The van der Waals surface area contributed by atoms with Crippen LogP contribution in [-0.2, 0) is 0 Å². The van der Waals surface area contributed by atoms with Crippen molar-refractivity contribution in [2.45, 2.75) is 38.3 Å². The van der Waals surface area contributed by atoms with Crippen LogP contribution in [0.15, 0.2) is 10.6 Å². The molecule has 1 N–H and O–H groups in total. The number of nitrogens with zero attached hydrogens (tertiary/aromatic N) is 3. The van der Waals surface area contributed by atoms with Gasteiger partial charge in [-0.3, -0.25) is 9.69 Å². The smallest absolute Gasteiger partial charge is 0.292 e. The minimum Gasteiger partial charge on any atom is -0.391 e. The lowest BCUT2D eigenvalue weighted by Gasteiger charge is -2.38. The van der Waals surface area contributed by atoms with Crippen LogP contribution in [0.1, 0.15) is 35.5 Å². The highest BCUT2D eigenvalue weighted by atomic mass is 16.5. The predicted octanol–water partition coefficient (Wildman–Crippen LogP) is 0.654. The second-order valence-corrected chi connectivity index (χ2v) is 5.73. The van der Waals surface area contributed by atoms with E-state index in [1.807, 2.05) is 0 Å². The molecule has 1 amide bonds. The van der Waals surface area contributed by atoms with E-state index in [-0.39, 0.29) is 18.1 Å². The van der Waals surface area contributed by atoms with Gasteiger partial charge in [-0.05, 0) is 26.2 Å². The summed E-state index contributed by atoms with van der Waals surface area (Å²) in [6, 6.07) is 1.95. The third kappa shape index (κ3) is 2.58. The highest BCUT2D eigenvalue weighted by molar-refractivity contribution is 5.91. The SMILES string of the molecule is Cc1cc(C(=O)N2CCN([C@H]3CCC[C@H]3O)CC2)on1. The van der Waals surface area contributed by atoms with Crippen molar-refractivity contribution < 1.29 is 14.4 Å². The Bertz CT molecular complexity index is 480. The van der Waals surface area contributed by atoms with Crippen molar-refractivity contribution in [2.24, 2.45) is 0 Å². The van der Waals surface area contributed by atoms with E-state index in [9.17, 15) is 9.90 Å². The minimum atomic E-state index is -0.200. The molecular formula is C14H21N3O3. The quantitative estimate of drug-likeness (QED) is 0.861. The van der Waals surface area contributed by atoms with Gasteiger partial charge in [-0.15, -0.1) is 0 Å². The summed E-state index contributed by atoms with van der Waals surface area (Å²) in [6.45, 7) is 4.81. The molecule has 6 heteroatoms. The Kier molecular flexibility index (Phi) is 3.76. The minimum absolute atomic E-state index is 0.0859. The van der Waals surface area contributed by atoms with Gasteiger partial charge in [0.1, 0.15) is 0 Å². The maximum absolute atomic E-state index is 12.2. The van der Waals surface area contributed by atoms with E-state index in [4.69, 9.17) is 4.52 Å². The number of rotatable bonds is 2. The maximum Gasteiger partial charge on any atom is 0.292 e. The lowest BCUT2D eigenvalue weighted by Crippen LogP contribution is -2.53. The van der Waals surface area contributed by atoms with Gasteiger partial charge in [0.25, 0.3) is 5.91 Å². The van der Waals surface area contributed by atoms with Crippen LogP contribution in [0.25, 0.3) is 0 Å². The van der Waals surface area contributed by atoms with Crippen LogP contribution in [0.2, 0.25) is 0 Å². The highest BCUT2D eigenvalue weighted by Crippen LogP contribution is 2.25. The second kappa shape index (κ2) is 5.54. The number of hydrogen-bond acceptors (Lipinski definition) is 5. The molecule has 1 aromatic heterocycles. The first-order chi connectivity index (χ1) is 9.65. The third-order valence-electron chi connectivity index (χ3n) is 4.35.